The number of carboxylic acid groups (broad SMARTS) is 2. The van der Waals surface area contributed by atoms with Crippen LogP contribution < -0.4 is 15.4 Å². The number of rotatable bonds is 17. The van der Waals surface area contributed by atoms with Crippen molar-refractivity contribution < 1.29 is 67.3 Å². The molecule has 0 bridgehead atoms. The van der Waals surface area contributed by atoms with Crippen molar-refractivity contribution in [2.75, 3.05) is 86.1 Å². The Morgan fingerprint density at radius 3 is 1.64 bits per heavy atom. The van der Waals surface area contributed by atoms with E-state index < -0.39 is 11.9 Å². The van der Waals surface area contributed by atoms with Gasteiger partial charge in [-0.2, -0.15) is 0 Å². The second kappa shape index (κ2) is 32.7. The van der Waals surface area contributed by atoms with E-state index in [1.807, 2.05) is 19.1 Å². The van der Waals surface area contributed by atoms with E-state index in [4.69, 9.17) is 34.0 Å². The van der Waals surface area contributed by atoms with Crippen LogP contribution in [0.4, 0.5) is 11.4 Å². The van der Waals surface area contributed by atoms with Gasteiger partial charge < -0.3 is 58.7 Å². The number of hydrogen-bond donors (Lipinski definition) is 4. The topological polar surface area (TPSA) is 207 Å². The van der Waals surface area contributed by atoms with Crippen LogP contribution in [0.3, 0.4) is 0 Å². The number of esters is 1. The summed E-state index contributed by atoms with van der Waals surface area (Å²) >= 11 is 0. The first-order chi connectivity index (χ1) is 26.6. The van der Waals surface area contributed by atoms with Crippen LogP contribution in [0.25, 0.3) is 11.1 Å². The van der Waals surface area contributed by atoms with Crippen molar-refractivity contribution >= 4 is 35.2 Å². The second-order valence-corrected chi connectivity index (χ2v) is 10.9. The van der Waals surface area contributed by atoms with Gasteiger partial charge in [0.1, 0.15) is 24.7 Å². The van der Waals surface area contributed by atoms with Crippen LogP contribution in [-0.4, -0.2) is 110 Å². The Labute approximate surface area is 329 Å². The first-order valence-corrected chi connectivity index (χ1v) is 16.9. The highest BCUT2D eigenvalue weighted by Gasteiger charge is 2.10. The van der Waals surface area contributed by atoms with E-state index in [-0.39, 0.29) is 24.2 Å². The third-order valence-corrected chi connectivity index (χ3v) is 6.40. The third-order valence-electron chi connectivity index (χ3n) is 6.40. The minimum Gasteiger partial charge on any atom is -0.481 e. The molecule has 0 aromatic heterocycles. The minimum absolute atomic E-state index is 0.00759. The van der Waals surface area contributed by atoms with Gasteiger partial charge >= 0.3 is 11.9 Å². The molecule has 0 aliphatic heterocycles. The maximum atomic E-state index is 11.2. The number of amides is 1. The van der Waals surface area contributed by atoms with Gasteiger partial charge in [-0.1, -0.05) is 24.3 Å². The first kappa shape index (κ1) is 52.4. The van der Waals surface area contributed by atoms with Gasteiger partial charge in [0.25, 0.3) is 11.9 Å². The highest BCUT2D eigenvalue weighted by atomic mass is 16.7. The molecule has 0 heterocycles. The Kier molecular flexibility index (Phi) is 30.6. The van der Waals surface area contributed by atoms with Crippen LogP contribution >= 0.6 is 0 Å². The van der Waals surface area contributed by atoms with Crippen LogP contribution in [0, 0.1) is 13.8 Å². The number of methoxy groups -OCH3 is 5. The Morgan fingerprint density at radius 2 is 1.21 bits per heavy atom. The van der Waals surface area contributed by atoms with Crippen LogP contribution in [0.15, 0.2) is 73.2 Å². The van der Waals surface area contributed by atoms with Crippen molar-refractivity contribution in [3.05, 3.63) is 89.9 Å². The van der Waals surface area contributed by atoms with Gasteiger partial charge in [-0.05, 0) is 79.1 Å². The number of benzene rings is 3. The summed E-state index contributed by atoms with van der Waals surface area (Å²) in [5.41, 5.74) is 6.54. The summed E-state index contributed by atoms with van der Waals surface area (Å²) in [7, 11) is 7.81. The number of carboxylic acids is 2. The highest BCUT2D eigenvalue weighted by molar-refractivity contribution is 5.91. The third kappa shape index (κ3) is 27.0. The number of carbonyl (C=O) groups is 4. The van der Waals surface area contributed by atoms with Gasteiger partial charge in [0.05, 0.1) is 34.0 Å². The fourth-order valence-corrected chi connectivity index (χ4v) is 3.79. The number of nitrogens with one attached hydrogen (secondary N) is 2. The molecule has 0 unspecified atom stereocenters. The Balaban J connectivity index is 0. The molecule has 0 aliphatic rings. The van der Waals surface area contributed by atoms with Gasteiger partial charge in [0, 0.05) is 53.5 Å². The number of carbonyl (C=O) groups excluding carboxylic acids is 2. The minimum atomic E-state index is -1.02. The molecule has 0 atom stereocenters. The largest absolute Gasteiger partial charge is 0.481 e. The number of anilines is 2. The first-order valence-electron chi connectivity index (χ1n) is 16.9. The second-order valence-electron chi connectivity index (χ2n) is 10.9. The molecule has 0 fully saturated rings. The molecule has 0 saturated carbocycles. The van der Waals surface area contributed by atoms with Crippen molar-refractivity contribution in [2.45, 2.75) is 34.6 Å². The quantitative estimate of drug-likeness (QED) is 0.0508. The van der Waals surface area contributed by atoms with Gasteiger partial charge in [-0.3, -0.25) is 14.4 Å². The Bertz CT molecular complexity index is 1590. The fraction of sp³-hybridized carbons (Fsp3) is 0.400. The summed E-state index contributed by atoms with van der Waals surface area (Å²) < 4.78 is 38.2. The molecule has 3 aromatic rings. The van der Waals surface area contributed by atoms with E-state index in [1.54, 1.807) is 39.5 Å². The highest BCUT2D eigenvalue weighted by Crippen LogP contribution is 2.28. The van der Waals surface area contributed by atoms with E-state index in [9.17, 15) is 14.4 Å². The van der Waals surface area contributed by atoms with E-state index in [0.29, 0.717) is 44.9 Å². The molecule has 3 rings (SSSR count). The van der Waals surface area contributed by atoms with Crippen molar-refractivity contribution in [3.8, 4) is 16.9 Å². The molecule has 0 spiro atoms. The molecule has 3 aromatic carbocycles. The average molecular weight is 791 g/mol. The Hall–Kier alpha value is -5.68. The van der Waals surface area contributed by atoms with E-state index in [2.05, 4.69) is 67.3 Å². The average Bonchev–Trinajstić information content (AvgIpc) is 3.15. The number of aromatic carboxylic acids is 1. The normalized spacial score (nSPS) is 9.39. The number of hydrogen-bond acceptors (Lipinski definition) is 13. The number of para-hydroxylation sites is 1. The van der Waals surface area contributed by atoms with E-state index in [0.717, 1.165) is 40.6 Å². The SMILES string of the molecule is C=C(OC)OC.CC(=O)O.COCCOC(C)=O.COCCOCOc1ccccc1C(=O)O.COCNc1ccc(-c2ccc(NC(C)=O)c(C)c2)cc1C. The fourth-order valence-electron chi connectivity index (χ4n) is 3.79. The lowest BCUT2D eigenvalue weighted by Crippen LogP contribution is -2.09. The Morgan fingerprint density at radius 1 is 0.696 bits per heavy atom. The smallest absolute Gasteiger partial charge is 0.339 e. The lowest BCUT2D eigenvalue weighted by molar-refractivity contribution is -0.142. The zero-order valence-corrected chi connectivity index (χ0v) is 34.0. The summed E-state index contributed by atoms with van der Waals surface area (Å²) in [6.45, 7) is 13.6. The predicted molar refractivity (Wildman–Crippen MR) is 213 cm³/mol. The van der Waals surface area contributed by atoms with Crippen molar-refractivity contribution in [1.29, 1.82) is 0 Å². The molecule has 56 heavy (non-hydrogen) atoms. The standard InChI is InChI=1S/C18H22N2O2.C11H14O5.C5H10O3.C4H8O2.C2H4O2/c1-12-9-15(5-7-17(12)19-11-22-4)16-6-8-18(13(2)10-16)20-14(3)21;1-14-6-7-15-8-16-10-5-3-2-4-9(10)11(12)13;1-5(6)8-4-3-7-2;1-4(5-2)6-3;1-2(3)4/h5-10,19H,11H2,1-4H3,(H,20,21);2-5H,6-8H2,1H3,(H,12,13);3-4H2,1-2H3;1H2,2-3H3;1H3,(H,3,4). The monoisotopic (exact) mass is 790 g/mol. The van der Waals surface area contributed by atoms with Crippen molar-refractivity contribution in [2.24, 2.45) is 0 Å². The molecule has 4 N–H and O–H groups in total. The van der Waals surface area contributed by atoms with E-state index >= 15 is 0 Å². The maximum absolute atomic E-state index is 11.2. The summed E-state index contributed by atoms with van der Waals surface area (Å²) in [4.78, 5) is 41.0. The zero-order chi connectivity index (χ0) is 42.9. The number of aliphatic carboxylic acids is 1. The van der Waals surface area contributed by atoms with Crippen LogP contribution in [0.5, 0.6) is 5.75 Å². The molecule has 16 heteroatoms. The molecule has 0 saturated heterocycles. The maximum Gasteiger partial charge on any atom is 0.339 e. The van der Waals surface area contributed by atoms with Crippen LogP contribution in [0.2, 0.25) is 0 Å². The predicted octanol–water partition coefficient (Wildman–Crippen LogP) is 6.37. The molecule has 312 valence electrons. The summed E-state index contributed by atoms with van der Waals surface area (Å²) in [5.74, 6) is -1.53. The summed E-state index contributed by atoms with van der Waals surface area (Å²) in [6, 6.07) is 18.7. The summed E-state index contributed by atoms with van der Waals surface area (Å²) in [6.07, 6.45) is 0. The molecule has 0 aliphatic carbocycles. The van der Waals surface area contributed by atoms with Crippen LogP contribution in [0.1, 0.15) is 42.3 Å². The molecule has 0 radical (unpaired) electrons. The van der Waals surface area contributed by atoms with Gasteiger partial charge in [-0.25, -0.2) is 4.79 Å². The summed E-state index contributed by atoms with van der Waals surface area (Å²) in [5, 5.41) is 22.3. The van der Waals surface area contributed by atoms with Gasteiger partial charge in [-0.15, -0.1) is 0 Å². The molecular weight excluding hydrogens is 732 g/mol. The molecular formula is C40H58N2O14. The lowest BCUT2D eigenvalue weighted by atomic mass is 10.00. The van der Waals surface area contributed by atoms with Crippen LogP contribution in [-0.2, 0) is 47.5 Å². The van der Waals surface area contributed by atoms with Gasteiger partial charge in [0.15, 0.2) is 6.79 Å². The van der Waals surface area contributed by atoms with E-state index in [1.165, 1.54) is 34.1 Å². The zero-order valence-electron chi connectivity index (χ0n) is 34.0. The molecule has 16 nitrogen and oxygen atoms in total. The number of aryl methyl sites for hydroxylation is 2. The molecule has 1 amide bonds. The van der Waals surface area contributed by atoms with Crippen molar-refractivity contribution in [3.63, 3.8) is 0 Å². The number of ether oxygens (including phenoxy) is 8. The lowest BCUT2D eigenvalue weighted by Gasteiger charge is -2.12. The van der Waals surface area contributed by atoms with Crippen molar-refractivity contribution in [1.82, 2.24) is 0 Å². The van der Waals surface area contributed by atoms with Gasteiger partial charge in [0.2, 0.25) is 5.91 Å².